The van der Waals surface area contributed by atoms with Crippen molar-refractivity contribution in [2.24, 2.45) is 5.10 Å². The minimum absolute atomic E-state index is 0.0512. The minimum Gasteiger partial charge on any atom is -0.261 e. The number of hydrazone groups is 1. The van der Waals surface area contributed by atoms with Gasteiger partial charge in [-0.3, -0.25) is 15.5 Å². The summed E-state index contributed by atoms with van der Waals surface area (Å²) in [5.74, 6) is 0.448. The molecule has 1 aromatic heterocycles. The fourth-order valence-electron chi connectivity index (χ4n) is 1.61. The summed E-state index contributed by atoms with van der Waals surface area (Å²) < 4.78 is 0. The van der Waals surface area contributed by atoms with Crippen LogP contribution in [0.1, 0.15) is 12.5 Å². The van der Waals surface area contributed by atoms with Crippen molar-refractivity contribution in [3.63, 3.8) is 0 Å². The molecule has 0 aliphatic heterocycles. The standard InChI is InChI=1S/C15H14N4O2/c1-12(9-13-5-3-2-4-6-13)10-17-18-15-8-7-14(11-16-15)19(20)21/h2-11H,1H3,(H,16,18)/b12-9+,17-10+. The molecule has 0 atom stereocenters. The molecule has 0 amide bonds. The van der Waals surface area contributed by atoms with Gasteiger partial charge in [0.05, 0.1) is 11.1 Å². The van der Waals surface area contributed by atoms with Gasteiger partial charge in [-0.15, -0.1) is 0 Å². The van der Waals surface area contributed by atoms with Crippen LogP contribution in [-0.2, 0) is 0 Å². The quantitative estimate of drug-likeness (QED) is 0.517. The van der Waals surface area contributed by atoms with Crippen molar-refractivity contribution < 1.29 is 4.92 Å². The fraction of sp³-hybridized carbons (Fsp3) is 0.0667. The Kier molecular flexibility index (Phi) is 4.76. The zero-order valence-corrected chi connectivity index (χ0v) is 11.4. The maximum Gasteiger partial charge on any atom is 0.287 e. The molecule has 2 aromatic rings. The number of hydrogen-bond acceptors (Lipinski definition) is 5. The van der Waals surface area contributed by atoms with Gasteiger partial charge in [-0.25, -0.2) is 4.98 Å². The van der Waals surface area contributed by atoms with E-state index < -0.39 is 4.92 Å². The van der Waals surface area contributed by atoms with E-state index in [0.29, 0.717) is 5.82 Å². The Morgan fingerprint density at radius 3 is 2.67 bits per heavy atom. The average molecular weight is 282 g/mol. The lowest BCUT2D eigenvalue weighted by molar-refractivity contribution is -0.385. The summed E-state index contributed by atoms with van der Waals surface area (Å²) in [7, 11) is 0. The number of pyridine rings is 1. The van der Waals surface area contributed by atoms with Gasteiger partial charge in [0.25, 0.3) is 5.69 Å². The first kappa shape index (κ1) is 14.4. The van der Waals surface area contributed by atoms with Gasteiger partial charge in [0, 0.05) is 6.07 Å². The lowest BCUT2D eigenvalue weighted by Gasteiger charge is -1.98. The Bertz CT molecular complexity index is 664. The van der Waals surface area contributed by atoms with Crippen LogP contribution in [0, 0.1) is 10.1 Å². The molecule has 6 heteroatoms. The summed E-state index contributed by atoms with van der Waals surface area (Å²) in [6.45, 7) is 1.93. The van der Waals surface area contributed by atoms with Gasteiger partial charge >= 0.3 is 0 Å². The summed E-state index contributed by atoms with van der Waals surface area (Å²) >= 11 is 0. The molecule has 0 aliphatic carbocycles. The smallest absolute Gasteiger partial charge is 0.261 e. The molecule has 2 rings (SSSR count). The number of nitrogens with one attached hydrogen (secondary N) is 1. The van der Waals surface area contributed by atoms with Gasteiger partial charge in [-0.2, -0.15) is 5.10 Å². The first-order chi connectivity index (χ1) is 10.1. The largest absolute Gasteiger partial charge is 0.287 e. The predicted molar refractivity (Wildman–Crippen MR) is 83.1 cm³/mol. The van der Waals surface area contributed by atoms with E-state index in [1.54, 1.807) is 6.21 Å². The van der Waals surface area contributed by atoms with Crippen molar-refractivity contribution in [3.8, 4) is 0 Å². The molecule has 0 unspecified atom stereocenters. The number of nitrogens with zero attached hydrogens (tertiary/aromatic N) is 3. The average Bonchev–Trinajstić information content (AvgIpc) is 2.49. The lowest BCUT2D eigenvalue weighted by Crippen LogP contribution is -1.94. The molecule has 0 aliphatic rings. The summed E-state index contributed by atoms with van der Waals surface area (Å²) in [6, 6.07) is 12.8. The summed E-state index contributed by atoms with van der Waals surface area (Å²) in [6.07, 6.45) is 4.84. The number of allylic oxidation sites excluding steroid dienone is 1. The Morgan fingerprint density at radius 2 is 2.05 bits per heavy atom. The SMILES string of the molecule is CC(/C=N/Nc1ccc([N+](=O)[O-])cn1)=C\c1ccccc1. The molecular formula is C15H14N4O2. The molecule has 0 fully saturated rings. The molecule has 0 bridgehead atoms. The Labute approximate surface area is 122 Å². The van der Waals surface area contributed by atoms with Crippen molar-refractivity contribution in [1.29, 1.82) is 0 Å². The van der Waals surface area contributed by atoms with Crippen LogP contribution < -0.4 is 5.43 Å². The summed E-state index contributed by atoms with van der Waals surface area (Å²) in [5, 5.41) is 14.5. The van der Waals surface area contributed by atoms with Crippen LogP contribution in [0.15, 0.2) is 59.3 Å². The van der Waals surface area contributed by atoms with Gasteiger partial charge < -0.3 is 0 Å². The van der Waals surface area contributed by atoms with E-state index >= 15 is 0 Å². The number of hydrogen-bond donors (Lipinski definition) is 1. The Morgan fingerprint density at radius 1 is 1.29 bits per heavy atom. The lowest BCUT2D eigenvalue weighted by atomic mass is 10.1. The normalized spacial score (nSPS) is 11.6. The number of anilines is 1. The van der Waals surface area contributed by atoms with E-state index in [1.165, 1.54) is 18.3 Å². The van der Waals surface area contributed by atoms with Crippen LogP contribution in [-0.4, -0.2) is 16.1 Å². The van der Waals surface area contributed by atoms with Crippen molar-refractivity contribution in [1.82, 2.24) is 4.98 Å². The molecule has 1 heterocycles. The topological polar surface area (TPSA) is 80.4 Å². The summed E-state index contributed by atoms with van der Waals surface area (Å²) in [5.41, 5.74) is 4.73. The van der Waals surface area contributed by atoms with Crippen LogP contribution in [0.5, 0.6) is 0 Å². The third-order valence-corrected chi connectivity index (χ3v) is 2.60. The highest BCUT2D eigenvalue weighted by Gasteiger charge is 2.04. The first-order valence-electron chi connectivity index (χ1n) is 6.28. The molecule has 0 radical (unpaired) electrons. The van der Waals surface area contributed by atoms with E-state index in [2.05, 4.69) is 15.5 Å². The molecule has 1 N–H and O–H groups in total. The highest BCUT2D eigenvalue weighted by molar-refractivity contribution is 5.85. The minimum atomic E-state index is -0.493. The maximum atomic E-state index is 10.5. The molecule has 6 nitrogen and oxygen atoms in total. The zero-order chi connectivity index (χ0) is 15.1. The van der Waals surface area contributed by atoms with Crippen LogP contribution >= 0.6 is 0 Å². The van der Waals surface area contributed by atoms with Gasteiger partial charge in [0.1, 0.15) is 12.0 Å². The van der Waals surface area contributed by atoms with Crippen LogP contribution in [0.2, 0.25) is 0 Å². The first-order valence-corrected chi connectivity index (χ1v) is 6.28. The number of benzene rings is 1. The predicted octanol–water partition coefficient (Wildman–Crippen LogP) is 3.49. The second-order valence-corrected chi connectivity index (χ2v) is 4.33. The van der Waals surface area contributed by atoms with Gasteiger partial charge in [-0.05, 0) is 24.1 Å². The maximum absolute atomic E-state index is 10.5. The van der Waals surface area contributed by atoms with Crippen LogP contribution in [0.25, 0.3) is 6.08 Å². The third-order valence-electron chi connectivity index (χ3n) is 2.60. The second-order valence-electron chi connectivity index (χ2n) is 4.33. The van der Waals surface area contributed by atoms with Gasteiger partial charge in [0.15, 0.2) is 0 Å². The molecule has 0 saturated carbocycles. The molecule has 0 spiro atoms. The molecule has 1 aromatic carbocycles. The highest BCUT2D eigenvalue weighted by atomic mass is 16.6. The monoisotopic (exact) mass is 282 g/mol. The number of rotatable bonds is 5. The highest BCUT2D eigenvalue weighted by Crippen LogP contribution is 2.11. The van der Waals surface area contributed by atoms with Crippen molar-refractivity contribution in [3.05, 3.63) is 69.9 Å². The Hall–Kier alpha value is -3.02. The van der Waals surface area contributed by atoms with Crippen molar-refractivity contribution in [2.75, 3.05) is 5.43 Å². The van der Waals surface area contributed by atoms with E-state index in [-0.39, 0.29) is 5.69 Å². The van der Waals surface area contributed by atoms with Crippen molar-refractivity contribution >= 4 is 23.8 Å². The number of aromatic nitrogens is 1. The van der Waals surface area contributed by atoms with Gasteiger partial charge in [0.2, 0.25) is 0 Å². The van der Waals surface area contributed by atoms with E-state index in [0.717, 1.165) is 11.1 Å². The van der Waals surface area contributed by atoms with Crippen LogP contribution in [0.3, 0.4) is 0 Å². The van der Waals surface area contributed by atoms with E-state index in [4.69, 9.17) is 0 Å². The van der Waals surface area contributed by atoms with E-state index in [9.17, 15) is 10.1 Å². The molecule has 106 valence electrons. The van der Waals surface area contributed by atoms with Crippen molar-refractivity contribution in [2.45, 2.75) is 6.92 Å². The second kappa shape index (κ2) is 6.95. The molecule has 21 heavy (non-hydrogen) atoms. The third kappa shape index (κ3) is 4.54. The zero-order valence-electron chi connectivity index (χ0n) is 11.4. The summed E-state index contributed by atoms with van der Waals surface area (Å²) in [4.78, 5) is 13.9. The fourth-order valence-corrected chi connectivity index (χ4v) is 1.61. The van der Waals surface area contributed by atoms with E-state index in [1.807, 2.05) is 43.3 Å². The molecular weight excluding hydrogens is 268 g/mol. The number of nitro groups is 1. The Balaban J connectivity index is 1.95. The van der Waals surface area contributed by atoms with Gasteiger partial charge in [-0.1, -0.05) is 36.4 Å². The molecule has 0 saturated heterocycles. The van der Waals surface area contributed by atoms with Crippen LogP contribution in [0.4, 0.5) is 11.5 Å².